The van der Waals surface area contributed by atoms with Crippen LogP contribution in [0.2, 0.25) is 0 Å². The Bertz CT molecular complexity index is 497. The summed E-state index contributed by atoms with van der Waals surface area (Å²) >= 11 is 0. The fraction of sp³-hybridized carbons (Fsp3) is 0. The molecule has 0 bridgehead atoms. The summed E-state index contributed by atoms with van der Waals surface area (Å²) in [5.41, 5.74) is 0. The summed E-state index contributed by atoms with van der Waals surface area (Å²) in [6, 6.07) is 25.5. The van der Waals surface area contributed by atoms with Gasteiger partial charge in [0.25, 0.3) is 0 Å². The summed E-state index contributed by atoms with van der Waals surface area (Å²) in [6.45, 7) is 0. The molecule has 0 aliphatic rings. The van der Waals surface area contributed by atoms with Crippen LogP contribution in [0.5, 0.6) is 0 Å². The number of rotatable bonds is 0. The molecule has 0 heterocycles. The van der Waals surface area contributed by atoms with E-state index in [0.29, 0.717) is 0 Å². The first-order valence-electron chi connectivity index (χ1n) is 6.03. The summed E-state index contributed by atoms with van der Waals surface area (Å²) in [7, 11) is 0. The second-order valence-corrected chi connectivity index (χ2v) is 3.65. The van der Waals surface area contributed by atoms with Crippen molar-refractivity contribution < 1.29 is 33.0 Å². The normalized spacial score (nSPS) is 8.32. The molecule has 3 aromatic carbocycles. The number of benzene rings is 3. The second-order valence-electron chi connectivity index (χ2n) is 3.65. The molecule has 0 aliphatic carbocycles. The van der Waals surface area contributed by atoms with E-state index in [2.05, 4.69) is 18.2 Å². The molecule has 3 rings (SSSR count). The predicted octanol–water partition coefficient (Wildman–Crippen LogP) is 4.88. The zero-order valence-electron chi connectivity index (χ0n) is 11.4. The van der Waals surface area contributed by atoms with Gasteiger partial charge in [-0.25, -0.2) is 13.2 Å². The van der Waals surface area contributed by atoms with Crippen LogP contribution in [0.3, 0.4) is 0 Å². The summed E-state index contributed by atoms with van der Waals surface area (Å²) in [6.07, 6.45) is 0. The predicted molar refractivity (Wildman–Crippen MR) is 75.7 cm³/mol. The van der Waals surface area contributed by atoms with Gasteiger partial charge in [0.05, 0.1) is 0 Å². The molecule has 0 unspecified atom stereocenters. The van der Waals surface area contributed by atoms with Gasteiger partial charge >= 0.3 is 0 Å². The van der Waals surface area contributed by atoms with E-state index in [0.717, 1.165) is 0 Å². The van der Waals surface area contributed by atoms with Gasteiger partial charge in [-0.15, -0.1) is 36.4 Å². The van der Waals surface area contributed by atoms with E-state index in [1.165, 1.54) is 72.8 Å². The Morgan fingerprint density at radius 3 is 0.727 bits per heavy atom. The summed E-state index contributed by atoms with van der Waals surface area (Å²) < 4.78 is 35.7. The summed E-state index contributed by atoms with van der Waals surface area (Å²) in [5, 5.41) is 0. The molecule has 0 saturated heterocycles. The van der Waals surface area contributed by atoms with Crippen LogP contribution in [-0.4, -0.2) is 0 Å². The first kappa shape index (κ1) is 20.1. The zero-order chi connectivity index (χ0) is 15.3. The Hall–Kier alpha value is -1.91. The third-order valence-corrected chi connectivity index (χ3v) is 2.03. The summed E-state index contributed by atoms with van der Waals surface area (Å²) in [4.78, 5) is 0. The topological polar surface area (TPSA) is 0 Å². The molecule has 0 radical (unpaired) electrons. The largest absolute Gasteiger partial charge is 0.236 e. The standard InChI is InChI=1S/3C6H4F.Os/c3*7-6-4-2-1-3-5-6;/h3*2-5H;/q3*-1;. The van der Waals surface area contributed by atoms with Crippen molar-refractivity contribution in [1.82, 2.24) is 0 Å². The van der Waals surface area contributed by atoms with Gasteiger partial charge in [-0.05, 0) is 0 Å². The van der Waals surface area contributed by atoms with E-state index in [9.17, 15) is 13.2 Å². The van der Waals surface area contributed by atoms with Crippen LogP contribution in [0.25, 0.3) is 0 Å². The van der Waals surface area contributed by atoms with Crippen LogP contribution >= 0.6 is 0 Å². The second kappa shape index (κ2) is 12.8. The smallest absolute Gasteiger partial charge is 0.0151 e. The van der Waals surface area contributed by atoms with Crippen molar-refractivity contribution in [1.29, 1.82) is 0 Å². The van der Waals surface area contributed by atoms with Gasteiger partial charge in [0.2, 0.25) is 0 Å². The van der Waals surface area contributed by atoms with Gasteiger partial charge in [0, 0.05) is 37.2 Å². The van der Waals surface area contributed by atoms with E-state index in [1.54, 1.807) is 0 Å². The van der Waals surface area contributed by atoms with Crippen molar-refractivity contribution in [2.75, 3.05) is 0 Å². The SMILES string of the molecule is Fc1cc[c-]cc1.Fc1cc[c-]cc1.Fc1cc[c-]cc1.[Os]. The van der Waals surface area contributed by atoms with Crippen LogP contribution in [0.1, 0.15) is 0 Å². The molecule has 0 spiro atoms. The third kappa shape index (κ3) is 10.8. The molecular formula is C18H12F3Os-3. The molecule has 0 aliphatic heterocycles. The van der Waals surface area contributed by atoms with Crippen molar-refractivity contribution in [3.05, 3.63) is 108 Å². The molecular weight excluding hydrogens is 463 g/mol. The van der Waals surface area contributed by atoms with Crippen molar-refractivity contribution >= 4 is 0 Å². The van der Waals surface area contributed by atoms with Gasteiger partial charge in [0.15, 0.2) is 0 Å². The van der Waals surface area contributed by atoms with Crippen LogP contribution < -0.4 is 0 Å². The first-order chi connectivity index (χ1) is 10.2. The quantitative estimate of drug-likeness (QED) is 0.407. The zero-order valence-corrected chi connectivity index (χ0v) is 14.0. The van der Waals surface area contributed by atoms with E-state index in [-0.39, 0.29) is 37.2 Å². The minimum atomic E-state index is -0.209. The van der Waals surface area contributed by atoms with Gasteiger partial charge < -0.3 is 0 Å². The van der Waals surface area contributed by atoms with E-state index in [4.69, 9.17) is 0 Å². The average molecular weight is 476 g/mol. The Labute approximate surface area is 141 Å². The monoisotopic (exact) mass is 477 g/mol. The first-order valence-corrected chi connectivity index (χ1v) is 6.03. The Morgan fingerprint density at radius 1 is 0.455 bits per heavy atom. The number of hydrogen-bond acceptors (Lipinski definition) is 0. The Kier molecular flexibility index (Phi) is 11.7. The number of hydrogen-bond donors (Lipinski definition) is 0. The fourth-order valence-electron chi connectivity index (χ4n) is 1.10. The van der Waals surface area contributed by atoms with Crippen LogP contribution in [0.4, 0.5) is 13.2 Å². The molecule has 0 atom stereocenters. The average Bonchev–Trinajstić information content (AvgIpc) is 2.51. The van der Waals surface area contributed by atoms with Crippen molar-refractivity contribution in [2.45, 2.75) is 0 Å². The minimum absolute atomic E-state index is 0. The van der Waals surface area contributed by atoms with Crippen molar-refractivity contribution in [3.8, 4) is 0 Å². The molecule has 0 saturated carbocycles. The van der Waals surface area contributed by atoms with Gasteiger partial charge in [-0.2, -0.15) is 54.6 Å². The molecule has 0 amide bonds. The summed E-state index contributed by atoms with van der Waals surface area (Å²) in [5.74, 6) is -0.628. The van der Waals surface area contributed by atoms with Gasteiger partial charge in [-0.3, -0.25) is 0 Å². The minimum Gasteiger partial charge on any atom is -0.236 e. The molecule has 4 heteroatoms. The number of halogens is 3. The molecule has 3 aromatic rings. The molecule has 0 aromatic heterocycles. The maximum atomic E-state index is 11.9. The molecule has 0 N–H and O–H groups in total. The van der Waals surface area contributed by atoms with Crippen LogP contribution in [0, 0.1) is 35.7 Å². The van der Waals surface area contributed by atoms with Crippen LogP contribution in [-0.2, 0) is 19.8 Å². The fourth-order valence-corrected chi connectivity index (χ4v) is 1.10. The molecule has 0 fully saturated rings. The third-order valence-electron chi connectivity index (χ3n) is 2.03. The van der Waals surface area contributed by atoms with Crippen molar-refractivity contribution in [3.63, 3.8) is 0 Å². The van der Waals surface area contributed by atoms with E-state index in [1.807, 2.05) is 0 Å². The molecule has 22 heavy (non-hydrogen) atoms. The Balaban J connectivity index is 0.000000294. The van der Waals surface area contributed by atoms with Crippen LogP contribution in [0.15, 0.2) is 72.8 Å². The molecule has 0 nitrogen and oxygen atoms in total. The van der Waals surface area contributed by atoms with E-state index >= 15 is 0 Å². The Morgan fingerprint density at radius 2 is 0.636 bits per heavy atom. The van der Waals surface area contributed by atoms with Crippen molar-refractivity contribution in [2.24, 2.45) is 0 Å². The maximum absolute atomic E-state index is 11.9. The molecule has 116 valence electrons. The maximum Gasteiger partial charge on any atom is 0.0151 e. The van der Waals surface area contributed by atoms with Gasteiger partial charge in [0.1, 0.15) is 0 Å². The van der Waals surface area contributed by atoms with Gasteiger partial charge in [-0.1, -0.05) is 0 Å². The van der Waals surface area contributed by atoms with E-state index < -0.39 is 0 Å².